The molecule has 1 aliphatic rings. The highest BCUT2D eigenvalue weighted by Gasteiger charge is 2.34. The number of rotatable bonds is 7. The number of methoxy groups -OCH3 is 2. The van der Waals surface area contributed by atoms with Gasteiger partial charge in [-0.3, -0.25) is 19.7 Å². The van der Waals surface area contributed by atoms with Crippen molar-refractivity contribution in [3.05, 3.63) is 29.8 Å². The molecule has 1 atom stereocenters. The van der Waals surface area contributed by atoms with Crippen LogP contribution in [0.1, 0.15) is 16.8 Å². The number of benzene rings is 1. The Bertz CT molecular complexity index is 725. The van der Waals surface area contributed by atoms with Crippen LogP contribution in [0.3, 0.4) is 0 Å². The van der Waals surface area contributed by atoms with E-state index < -0.39 is 17.9 Å². The molecule has 0 bridgehead atoms. The Labute approximate surface area is 168 Å². The molecule has 1 aliphatic heterocycles. The molecule has 0 radical (unpaired) electrons. The van der Waals surface area contributed by atoms with Gasteiger partial charge in [0.05, 0.1) is 20.1 Å². The average Bonchev–Trinajstić information content (AvgIpc) is 2.69. The molecule has 28 heavy (non-hydrogen) atoms. The number of carbonyl (C=O) groups is 3. The number of ether oxygens (including phenoxy) is 3. The average molecular weight is 409 g/mol. The SMILES string of the molecule is COCCOC(=O)CC1C(=O)NCCN1C(=S)NC(=O)c1ccc(OC)cc1. The maximum atomic E-state index is 12.4. The first-order valence-electron chi connectivity index (χ1n) is 8.64. The van der Waals surface area contributed by atoms with E-state index in [4.69, 9.17) is 26.4 Å². The van der Waals surface area contributed by atoms with Crippen molar-refractivity contribution in [2.24, 2.45) is 0 Å². The molecule has 1 heterocycles. The number of hydrogen-bond acceptors (Lipinski definition) is 7. The summed E-state index contributed by atoms with van der Waals surface area (Å²) in [5, 5.41) is 5.37. The summed E-state index contributed by atoms with van der Waals surface area (Å²) in [6.45, 7) is 1.08. The number of esters is 1. The Balaban J connectivity index is 2.00. The largest absolute Gasteiger partial charge is 0.497 e. The van der Waals surface area contributed by atoms with Gasteiger partial charge >= 0.3 is 5.97 Å². The van der Waals surface area contributed by atoms with E-state index in [2.05, 4.69) is 10.6 Å². The van der Waals surface area contributed by atoms with E-state index >= 15 is 0 Å². The van der Waals surface area contributed by atoms with Crippen molar-refractivity contribution >= 4 is 35.1 Å². The van der Waals surface area contributed by atoms with Crippen molar-refractivity contribution in [3.8, 4) is 5.75 Å². The Hall–Kier alpha value is -2.72. The zero-order chi connectivity index (χ0) is 20.5. The lowest BCUT2D eigenvalue weighted by molar-refractivity contribution is -0.148. The predicted octanol–water partition coefficient (Wildman–Crippen LogP) is 0.0900. The number of amides is 2. The van der Waals surface area contributed by atoms with Gasteiger partial charge in [-0.05, 0) is 36.5 Å². The standard InChI is InChI=1S/C18H23N3O6S/c1-25-9-10-27-15(22)11-14-17(24)19-7-8-21(14)18(28)20-16(23)12-3-5-13(26-2)6-4-12/h3-6,14H,7-11H2,1-2H3,(H,19,24)(H,20,23,28). The van der Waals surface area contributed by atoms with Gasteiger partial charge in [0.15, 0.2) is 5.11 Å². The zero-order valence-corrected chi connectivity index (χ0v) is 16.5. The third-order valence-electron chi connectivity index (χ3n) is 4.07. The highest BCUT2D eigenvalue weighted by Crippen LogP contribution is 2.13. The van der Waals surface area contributed by atoms with Crippen LogP contribution >= 0.6 is 12.2 Å². The van der Waals surface area contributed by atoms with Gasteiger partial charge in [-0.15, -0.1) is 0 Å². The molecule has 1 aromatic rings. The van der Waals surface area contributed by atoms with Crippen LogP contribution in [0.4, 0.5) is 0 Å². The van der Waals surface area contributed by atoms with Gasteiger partial charge < -0.3 is 24.4 Å². The Morgan fingerprint density at radius 1 is 1.25 bits per heavy atom. The van der Waals surface area contributed by atoms with E-state index in [0.717, 1.165) is 0 Å². The van der Waals surface area contributed by atoms with E-state index in [1.54, 1.807) is 24.3 Å². The van der Waals surface area contributed by atoms with Gasteiger partial charge in [-0.25, -0.2) is 0 Å². The first kappa shape index (κ1) is 21.6. The molecule has 2 N–H and O–H groups in total. The summed E-state index contributed by atoms with van der Waals surface area (Å²) in [6, 6.07) is 5.66. The minimum atomic E-state index is -0.854. The second-order valence-corrected chi connectivity index (χ2v) is 6.29. The minimum Gasteiger partial charge on any atom is -0.497 e. The first-order chi connectivity index (χ1) is 13.5. The Morgan fingerprint density at radius 3 is 2.61 bits per heavy atom. The molecule has 0 aromatic heterocycles. The third-order valence-corrected chi connectivity index (χ3v) is 4.41. The summed E-state index contributed by atoms with van der Waals surface area (Å²) in [5.74, 6) is -0.691. The molecule has 1 fully saturated rings. The quantitative estimate of drug-likeness (QED) is 0.371. The van der Waals surface area contributed by atoms with Crippen molar-refractivity contribution in [1.82, 2.24) is 15.5 Å². The highest BCUT2D eigenvalue weighted by molar-refractivity contribution is 7.80. The number of nitrogens with zero attached hydrogens (tertiary/aromatic N) is 1. The summed E-state index contributed by atoms with van der Waals surface area (Å²) in [6.07, 6.45) is -0.186. The summed E-state index contributed by atoms with van der Waals surface area (Å²) in [4.78, 5) is 38.1. The number of thiocarbonyl (C=S) groups is 1. The molecule has 1 saturated heterocycles. The third kappa shape index (κ3) is 5.89. The van der Waals surface area contributed by atoms with Crippen molar-refractivity contribution in [3.63, 3.8) is 0 Å². The second-order valence-electron chi connectivity index (χ2n) is 5.91. The Morgan fingerprint density at radius 2 is 1.96 bits per heavy atom. The van der Waals surface area contributed by atoms with E-state index in [-0.39, 0.29) is 30.7 Å². The van der Waals surface area contributed by atoms with E-state index in [1.165, 1.54) is 19.1 Å². The molecule has 0 saturated carbocycles. The summed E-state index contributed by atoms with van der Waals surface area (Å²) >= 11 is 5.31. The van der Waals surface area contributed by atoms with Crippen LogP contribution in [0.25, 0.3) is 0 Å². The van der Waals surface area contributed by atoms with Crippen molar-refractivity contribution in [1.29, 1.82) is 0 Å². The molecule has 1 unspecified atom stereocenters. The monoisotopic (exact) mass is 409 g/mol. The fourth-order valence-corrected chi connectivity index (χ4v) is 2.91. The summed E-state index contributed by atoms with van der Waals surface area (Å²) in [5.41, 5.74) is 0.389. The molecule has 0 spiro atoms. The van der Waals surface area contributed by atoms with Crippen LogP contribution in [0, 0.1) is 0 Å². The highest BCUT2D eigenvalue weighted by atomic mass is 32.1. The molecule has 0 aliphatic carbocycles. The zero-order valence-electron chi connectivity index (χ0n) is 15.7. The molecule has 2 amide bonds. The van der Waals surface area contributed by atoms with E-state index in [1.807, 2.05) is 0 Å². The van der Waals surface area contributed by atoms with Crippen molar-refractivity contribution in [2.45, 2.75) is 12.5 Å². The minimum absolute atomic E-state index is 0.0744. The van der Waals surface area contributed by atoms with Gasteiger partial charge in [0.1, 0.15) is 18.4 Å². The fourth-order valence-electron chi connectivity index (χ4n) is 2.60. The van der Waals surface area contributed by atoms with Gasteiger partial charge in [-0.1, -0.05) is 0 Å². The molecular formula is C18H23N3O6S. The lowest BCUT2D eigenvalue weighted by Gasteiger charge is -2.36. The van der Waals surface area contributed by atoms with Crippen LogP contribution in [-0.4, -0.2) is 74.4 Å². The lowest BCUT2D eigenvalue weighted by Crippen LogP contribution is -2.60. The summed E-state index contributed by atoms with van der Waals surface area (Å²) in [7, 11) is 3.03. The second kappa shape index (κ2) is 10.6. The Kier molecular flexibility index (Phi) is 8.15. The molecule has 10 heteroatoms. The van der Waals surface area contributed by atoms with Crippen LogP contribution in [0.2, 0.25) is 0 Å². The van der Waals surface area contributed by atoms with Crippen LogP contribution in [0.15, 0.2) is 24.3 Å². The van der Waals surface area contributed by atoms with Gasteiger partial charge in [-0.2, -0.15) is 0 Å². The maximum absolute atomic E-state index is 12.4. The molecule has 2 rings (SSSR count). The van der Waals surface area contributed by atoms with Crippen LogP contribution < -0.4 is 15.4 Å². The van der Waals surface area contributed by atoms with Crippen molar-refractivity contribution in [2.75, 3.05) is 40.5 Å². The topological polar surface area (TPSA) is 106 Å². The molecular weight excluding hydrogens is 386 g/mol. The predicted molar refractivity (Wildman–Crippen MR) is 104 cm³/mol. The number of carbonyl (C=O) groups excluding carboxylic acids is 3. The van der Waals surface area contributed by atoms with E-state index in [0.29, 0.717) is 24.4 Å². The van der Waals surface area contributed by atoms with E-state index in [9.17, 15) is 14.4 Å². The lowest BCUT2D eigenvalue weighted by atomic mass is 10.1. The molecule has 9 nitrogen and oxygen atoms in total. The molecule has 1 aromatic carbocycles. The molecule has 152 valence electrons. The number of hydrogen-bond donors (Lipinski definition) is 2. The van der Waals surface area contributed by atoms with Crippen molar-refractivity contribution < 1.29 is 28.6 Å². The van der Waals surface area contributed by atoms with Crippen LogP contribution in [0.5, 0.6) is 5.75 Å². The maximum Gasteiger partial charge on any atom is 0.308 e. The van der Waals surface area contributed by atoms with Gasteiger partial charge in [0.25, 0.3) is 5.91 Å². The number of nitrogens with one attached hydrogen (secondary N) is 2. The normalized spacial score (nSPS) is 16.1. The smallest absolute Gasteiger partial charge is 0.308 e. The van der Waals surface area contributed by atoms with Gasteiger partial charge in [0, 0.05) is 25.8 Å². The van der Waals surface area contributed by atoms with Gasteiger partial charge in [0.2, 0.25) is 5.91 Å². The fraction of sp³-hybridized carbons (Fsp3) is 0.444. The summed E-state index contributed by atoms with van der Waals surface area (Å²) < 4.78 is 14.9. The number of piperazine rings is 1. The first-order valence-corrected chi connectivity index (χ1v) is 9.05. The van der Waals surface area contributed by atoms with Crippen LogP contribution in [-0.2, 0) is 19.1 Å².